The summed E-state index contributed by atoms with van der Waals surface area (Å²) in [4.78, 5) is 14.6. The summed E-state index contributed by atoms with van der Waals surface area (Å²) in [6.07, 6.45) is 3.72. The number of aromatic nitrogens is 3. The number of methoxy groups -OCH3 is 1. The number of halogens is 1. The Bertz CT molecular complexity index is 1290. The molecular weight excluding hydrogens is 436 g/mol. The van der Waals surface area contributed by atoms with Crippen LogP contribution in [-0.2, 0) is 0 Å². The number of nitrogens with zero attached hydrogens (tertiary/aromatic N) is 5. The van der Waals surface area contributed by atoms with E-state index in [0.717, 1.165) is 22.3 Å². The van der Waals surface area contributed by atoms with Crippen molar-refractivity contribution in [3.63, 3.8) is 0 Å². The van der Waals surface area contributed by atoms with E-state index in [0.29, 0.717) is 40.1 Å². The minimum Gasteiger partial charge on any atom is -0.496 e. The van der Waals surface area contributed by atoms with E-state index in [1.54, 1.807) is 19.4 Å². The molecule has 0 radical (unpaired) electrons. The van der Waals surface area contributed by atoms with Crippen molar-refractivity contribution in [2.45, 2.75) is 33.2 Å². The fraction of sp³-hybridized carbons (Fsp3) is 0.280. The van der Waals surface area contributed by atoms with Gasteiger partial charge < -0.3 is 15.4 Å². The molecule has 7 nitrogen and oxygen atoms in total. The molecule has 0 bridgehead atoms. The van der Waals surface area contributed by atoms with Gasteiger partial charge in [-0.25, -0.2) is 15.0 Å². The van der Waals surface area contributed by atoms with Gasteiger partial charge in [0.2, 0.25) is 0 Å². The van der Waals surface area contributed by atoms with E-state index in [1.807, 2.05) is 44.9 Å². The fourth-order valence-electron chi connectivity index (χ4n) is 3.61. The van der Waals surface area contributed by atoms with Crippen LogP contribution in [0.2, 0.25) is 5.02 Å². The molecule has 3 aromatic rings. The molecule has 0 fully saturated rings. The first kappa shape index (κ1) is 23.8. The predicted octanol–water partition coefficient (Wildman–Crippen LogP) is 4.92. The Morgan fingerprint density at radius 2 is 2.03 bits per heavy atom. The number of nitriles is 1. The molecule has 2 aromatic heterocycles. The monoisotopic (exact) mass is 460 g/mol. The highest BCUT2D eigenvalue weighted by molar-refractivity contribution is 6.32. The molecule has 8 heteroatoms. The lowest BCUT2D eigenvalue weighted by atomic mass is 9.93. The second-order valence-electron chi connectivity index (χ2n) is 7.42. The Morgan fingerprint density at radius 1 is 1.27 bits per heavy atom. The Morgan fingerprint density at radius 3 is 2.70 bits per heavy atom. The normalized spacial score (nSPS) is 11.2. The third-order valence-corrected chi connectivity index (χ3v) is 5.88. The maximum absolute atomic E-state index is 9.30. The molecular formula is C25H25ClN6O. The Hall–Kier alpha value is -3.81. The van der Waals surface area contributed by atoms with Gasteiger partial charge in [0.25, 0.3) is 0 Å². The number of ether oxygens (including phenoxy) is 1. The molecule has 1 unspecified atom stereocenters. The van der Waals surface area contributed by atoms with Crippen LogP contribution in [0.25, 0.3) is 11.1 Å². The molecule has 1 atom stereocenters. The summed E-state index contributed by atoms with van der Waals surface area (Å²) < 4.78 is 5.89. The van der Waals surface area contributed by atoms with Gasteiger partial charge in [-0.2, -0.15) is 5.26 Å². The van der Waals surface area contributed by atoms with Gasteiger partial charge in [0.1, 0.15) is 41.0 Å². The van der Waals surface area contributed by atoms with Gasteiger partial charge in [0.15, 0.2) is 0 Å². The Kier molecular flexibility index (Phi) is 7.37. The van der Waals surface area contributed by atoms with E-state index in [1.165, 1.54) is 6.33 Å². The highest BCUT2D eigenvalue weighted by Crippen LogP contribution is 2.44. The fourth-order valence-corrected chi connectivity index (χ4v) is 3.83. The smallest absolute Gasteiger partial charge is 0.150 e. The van der Waals surface area contributed by atoms with Crippen LogP contribution in [0, 0.1) is 30.1 Å². The number of rotatable bonds is 5. The Labute approximate surface area is 199 Å². The van der Waals surface area contributed by atoms with Crippen LogP contribution in [0.15, 0.2) is 30.7 Å². The minimum atomic E-state index is -0.203. The topological polar surface area (TPSA) is 101 Å². The molecule has 0 aliphatic rings. The van der Waals surface area contributed by atoms with Crippen molar-refractivity contribution in [2.75, 3.05) is 24.8 Å². The van der Waals surface area contributed by atoms with Crippen LogP contribution in [0.5, 0.6) is 5.75 Å². The van der Waals surface area contributed by atoms with E-state index < -0.39 is 0 Å². The number of hydrogen-bond acceptors (Lipinski definition) is 7. The van der Waals surface area contributed by atoms with Crippen molar-refractivity contribution in [1.82, 2.24) is 15.0 Å². The average Bonchev–Trinajstić information content (AvgIpc) is 2.83. The van der Waals surface area contributed by atoms with Crippen molar-refractivity contribution < 1.29 is 4.74 Å². The largest absolute Gasteiger partial charge is 0.496 e. The molecule has 33 heavy (non-hydrogen) atoms. The van der Waals surface area contributed by atoms with Crippen molar-refractivity contribution in [2.24, 2.45) is 0 Å². The first-order chi connectivity index (χ1) is 15.8. The van der Waals surface area contributed by atoms with Gasteiger partial charge in [-0.15, -0.1) is 0 Å². The highest BCUT2D eigenvalue weighted by Gasteiger charge is 2.25. The van der Waals surface area contributed by atoms with E-state index in [2.05, 4.69) is 32.9 Å². The molecule has 0 amide bonds. The summed E-state index contributed by atoms with van der Waals surface area (Å²) >= 11 is 6.67. The lowest BCUT2D eigenvalue weighted by Gasteiger charge is -2.30. The number of nitrogens with two attached hydrogens (primary N) is 1. The van der Waals surface area contributed by atoms with Crippen molar-refractivity contribution in [1.29, 1.82) is 5.26 Å². The lowest BCUT2D eigenvalue weighted by molar-refractivity contribution is 0.407. The third kappa shape index (κ3) is 4.69. The van der Waals surface area contributed by atoms with Crippen molar-refractivity contribution in [3.8, 4) is 34.8 Å². The van der Waals surface area contributed by atoms with Gasteiger partial charge in [-0.1, -0.05) is 30.4 Å². The first-order valence-electron chi connectivity index (χ1n) is 10.4. The maximum atomic E-state index is 9.30. The zero-order valence-electron chi connectivity index (χ0n) is 19.3. The van der Waals surface area contributed by atoms with Crippen LogP contribution in [0.1, 0.15) is 48.7 Å². The number of nitrogen functional groups attached to an aromatic ring is 1. The van der Waals surface area contributed by atoms with Gasteiger partial charge in [-0.3, -0.25) is 0 Å². The number of hydrogen-bond donors (Lipinski definition) is 1. The summed E-state index contributed by atoms with van der Waals surface area (Å²) in [6, 6.07) is 7.34. The summed E-state index contributed by atoms with van der Waals surface area (Å²) in [6.45, 7) is 5.92. The van der Waals surface area contributed by atoms with E-state index in [4.69, 9.17) is 22.1 Å². The van der Waals surface area contributed by atoms with E-state index >= 15 is 0 Å². The van der Waals surface area contributed by atoms with E-state index in [9.17, 15) is 5.26 Å². The molecule has 2 heterocycles. The highest BCUT2D eigenvalue weighted by atomic mass is 35.5. The van der Waals surface area contributed by atoms with Crippen molar-refractivity contribution >= 4 is 23.2 Å². The SMILES string of the molecule is CCC#Cc1c(N)ncnc1N(C)C(C)c1cc(Cl)c(C)c(-c2ccnc(C#N)c2)c1OC. The zero-order valence-corrected chi connectivity index (χ0v) is 20.0. The number of anilines is 2. The first-order valence-corrected chi connectivity index (χ1v) is 10.8. The molecule has 0 aliphatic heterocycles. The van der Waals surface area contributed by atoms with Crippen LogP contribution in [0.3, 0.4) is 0 Å². The molecule has 3 rings (SSSR count). The Balaban J connectivity index is 2.19. The van der Waals surface area contributed by atoms with Crippen LogP contribution in [0.4, 0.5) is 11.6 Å². The summed E-state index contributed by atoms with van der Waals surface area (Å²) in [5.74, 6) is 7.73. The number of pyridine rings is 1. The van der Waals surface area contributed by atoms with Gasteiger partial charge in [-0.05, 0) is 43.2 Å². The number of benzene rings is 1. The van der Waals surface area contributed by atoms with Gasteiger partial charge in [0.05, 0.1) is 13.2 Å². The van der Waals surface area contributed by atoms with Crippen molar-refractivity contribution in [3.05, 3.63) is 58.1 Å². The second kappa shape index (κ2) is 10.2. The summed E-state index contributed by atoms with van der Waals surface area (Å²) in [5.41, 5.74) is 10.3. The zero-order chi connectivity index (χ0) is 24.1. The summed E-state index contributed by atoms with van der Waals surface area (Å²) in [5, 5.41) is 9.89. The van der Waals surface area contributed by atoms with Crippen LogP contribution in [-0.4, -0.2) is 29.1 Å². The molecule has 168 valence electrons. The molecule has 2 N–H and O–H groups in total. The van der Waals surface area contributed by atoms with E-state index in [-0.39, 0.29) is 6.04 Å². The standard InChI is InChI=1S/C25H25ClN6O/c1-6-7-8-19-24(28)30-14-31-25(19)32(4)16(3)20-12-21(26)15(2)22(23(20)33-5)17-9-10-29-18(11-17)13-27/h9-12,14,16H,6H2,1-5H3,(H2,28,30,31). The third-order valence-electron chi connectivity index (χ3n) is 5.48. The molecule has 0 saturated heterocycles. The summed E-state index contributed by atoms with van der Waals surface area (Å²) in [7, 11) is 3.53. The van der Waals surface area contributed by atoms with Crippen LogP contribution < -0.4 is 15.4 Å². The quantitative estimate of drug-likeness (QED) is 0.539. The lowest BCUT2D eigenvalue weighted by Crippen LogP contribution is -2.25. The molecule has 1 aromatic carbocycles. The van der Waals surface area contributed by atoms with Gasteiger partial charge in [0, 0.05) is 35.8 Å². The molecule has 0 aliphatic carbocycles. The predicted molar refractivity (Wildman–Crippen MR) is 131 cm³/mol. The van der Waals surface area contributed by atoms with Crippen LogP contribution >= 0.6 is 11.6 Å². The molecule has 0 saturated carbocycles. The maximum Gasteiger partial charge on any atom is 0.150 e. The van der Waals surface area contributed by atoms with Gasteiger partial charge >= 0.3 is 0 Å². The minimum absolute atomic E-state index is 0.203. The second-order valence-corrected chi connectivity index (χ2v) is 7.83. The molecule has 0 spiro atoms. The average molecular weight is 461 g/mol.